The second-order valence-corrected chi connectivity index (χ2v) is 6.03. The third-order valence-corrected chi connectivity index (χ3v) is 4.14. The molecule has 0 aliphatic heterocycles. The summed E-state index contributed by atoms with van der Waals surface area (Å²) < 4.78 is 3.45. The van der Waals surface area contributed by atoms with Gasteiger partial charge in [0.25, 0.3) is 5.56 Å². The van der Waals surface area contributed by atoms with Gasteiger partial charge in [-0.1, -0.05) is 41.9 Å². The summed E-state index contributed by atoms with van der Waals surface area (Å²) in [4.78, 5) is 17.1. The van der Waals surface area contributed by atoms with Crippen molar-refractivity contribution in [2.45, 2.75) is 6.92 Å². The van der Waals surface area contributed by atoms with Gasteiger partial charge in [0.2, 0.25) is 0 Å². The van der Waals surface area contributed by atoms with Gasteiger partial charge in [-0.25, -0.2) is 9.67 Å². The van der Waals surface area contributed by atoms with Crippen LogP contribution in [0, 0.1) is 6.92 Å². The summed E-state index contributed by atoms with van der Waals surface area (Å²) in [6.45, 7) is 1.82. The first kappa shape index (κ1) is 14.7. The number of rotatable bonds is 2. The highest BCUT2D eigenvalue weighted by Gasteiger charge is 2.14. The molecular formula is C19H14ClN3O. The van der Waals surface area contributed by atoms with Gasteiger partial charge in [0, 0.05) is 28.4 Å². The quantitative estimate of drug-likeness (QED) is 0.553. The van der Waals surface area contributed by atoms with Crippen LogP contribution in [0.4, 0.5) is 0 Å². The van der Waals surface area contributed by atoms with Crippen molar-refractivity contribution < 1.29 is 0 Å². The normalized spacial score (nSPS) is 11.1. The summed E-state index contributed by atoms with van der Waals surface area (Å²) in [5.74, 6) is 0. The van der Waals surface area contributed by atoms with Crippen LogP contribution in [0.3, 0.4) is 0 Å². The molecule has 24 heavy (non-hydrogen) atoms. The Morgan fingerprint density at radius 3 is 2.38 bits per heavy atom. The van der Waals surface area contributed by atoms with Crippen molar-refractivity contribution in [3.8, 4) is 16.9 Å². The van der Waals surface area contributed by atoms with Gasteiger partial charge in [-0.05, 0) is 31.2 Å². The van der Waals surface area contributed by atoms with Crippen molar-refractivity contribution in [2.75, 3.05) is 0 Å². The van der Waals surface area contributed by atoms with E-state index in [0.717, 1.165) is 16.9 Å². The predicted molar refractivity (Wildman–Crippen MR) is 96.0 cm³/mol. The third-order valence-electron chi connectivity index (χ3n) is 3.88. The van der Waals surface area contributed by atoms with E-state index < -0.39 is 0 Å². The van der Waals surface area contributed by atoms with Crippen molar-refractivity contribution in [3.63, 3.8) is 0 Å². The minimum Gasteiger partial charge on any atom is -0.267 e. The lowest BCUT2D eigenvalue weighted by atomic mass is 10.1. The fourth-order valence-corrected chi connectivity index (χ4v) is 2.98. The molecule has 2 aromatic heterocycles. The molecule has 118 valence electrons. The predicted octanol–water partition coefficient (Wildman–Crippen LogP) is 4.11. The van der Waals surface area contributed by atoms with Crippen LogP contribution in [0.15, 0.2) is 71.5 Å². The number of hydrogen-bond acceptors (Lipinski definition) is 2. The molecule has 0 aliphatic carbocycles. The molecule has 4 rings (SSSR count). The monoisotopic (exact) mass is 335 g/mol. The van der Waals surface area contributed by atoms with Crippen LogP contribution < -0.4 is 5.56 Å². The molecule has 0 aliphatic rings. The van der Waals surface area contributed by atoms with Gasteiger partial charge in [-0.15, -0.1) is 0 Å². The summed E-state index contributed by atoms with van der Waals surface area (Å²) in [5.41, 5.74) is 3.96. The number of benzene rings is 2. The zero-order chi connectivity index (χ0) is 16.7. The first-order chi connectivity index (χ1) is 11.6. The van der Waals surface area contributed by atoms with Gasteiger partial charge in [-0.2, -0.15) is 4.52 Å². The molecule has 0 N–H and O–H groups in total. The second kappa shape index (κ2) is 5.65. The van der Waals surface area contributed by atoms with Crippen molar-refractivity contribution in [3.05, 3.63) is 87.8 Å². The van der Waals surface area contributed by atoms with Crippen LogP contribution in [0.5, 0.6) is 0 Å². The zero-order valence-electron chi connectivity index (χ0n) is 13.0. The van der Waals surface area contributed by atoms with Crippen LogP contribution in [0.1, 0.15) is 5.69 Å². The van der Waals surface area contributed by atoms with Gasteiger partial charge < -0.3 is 0 Å². The summed E-state index contributed by atoms with van der Waals surface area (Å²) >= 11 is 6.01. The maximum Gasteiger partial charge on any atom is 0.273 e. The van der Waals surface area contributed by atoms with E-state index in [-0.39, 0.29) is 5.56 Å². The van der Waals surface area contributed by atoms with Crippen LogP contribution in [0.2, 0.25) is 5.02 Å². The van der Waals surface area contributed by atoms with Gasteiger partial charge in [0.1, 0.15) is 0 Å². The van der Waals surface area contributed by atoms with Gasteiger partial charge >= 0.3 is 0 Å². The second-order valence-electron chi connectivity index (χ2n) is 5.59. The van der Waals surface area contributed by atoms with Crippen molar-refractivity contribution >= 4 is 17.2 Å². The van der Waals surface area contributed by atoms with Crippen molar-refractivity contribution in [1.29, 1.82) is 0 Å². The average Bonchev–Trinajstić information content (AvgIpc) is 2.96. The molecule has 0 spiro atoms. The molecule has 0 amide bonds. The molecule has 2 heterocycles. The van der Waals surface area contributed by atoms with E-state index in [0.29, 0.717) is 16.4 Å². The third kappa shape index (κ3) is 2.41. The molecular weight excluding hydrogens is 322 g/mol. The Kier molecular flexibility index (Phi) is 3.47. The molecule has 0 saturated heterocycles. The molecule has 0 saturated carbocycles. The Balaban J connectivity index is 2.12. The smallest absolute Gasteiger partial charge is 0.267 e. The molecule has 0 atom stereocenters. The molecule has 0 bridgehead atoms. The number of hydrogen-bond donors (Lipinski definition) is 0. The first-order valence-electron chi connectivity index (χ1n) is 7.57. The first-order valence-corrected chi connectivity index (χ1v) is 7.95. The molecule has 0 radical (unpaired) electrons. The lowest BCUT2D eigenvalue weighted by Gasteiger charge is -2.11. The maximum atomic E-state index is 12.6. The molecule has 4 aromatic rings. The highest BCUT2D eigenvalue weighted by atomic mass is 35.5. The van der Waals surface area contributed by atoms with Gasteiger partial charge in [0.15, 0.2) is 5.65 Å². The highest BCUT2D eigenvalue weighted by molar-refractivity contribution is 6.30. The molecule has 4 nitrogen and oxygen atoms in total. The van der Waals surface area contributed by atoms with Crippen LogP contribution in [-0.4, -0.2) is 14.2 Å². The SMILES string of the molecule is Cc1cc(=O)n2c(cc(-c3ccccc3)n2-c2ccc(Cl)cc2)n1. The van der Waals surface area contributed by atoms with E-state index in [9.17, 15) is 4.79 Å². The fraction of sp³-hybridized carbons (Fsp3) is 0.0526. The Labute approximate surface area is 143 Å². The Morgan fingerprint density at radius 1 is 0.958 bits per heavy atom. The van der Waals surface area contributed by atoms with E-state index >= 15 is 0 Å². The lowest BCUT2D eigenvalue weighted by molar-refractivity contribution is 0.766. The van der Waals surface area contributed by atoms with Crippen LogP contribution in [-0.2, 0) is 0 Å². The zero-order valence-corrected chi connectivity index (χ0v) is 13.7. The number of fused-ring (bicyclic) bond motifs is 1. The number of halogens is 1. The van der Waals surface area contributed by atoms with Crippen LogP contribution >= 0.6 is 11.6 Å². The van der Waals surface area contributed by atoms with Gasteiger partial charge in [0.05, 0.1) is 11.4 Å². The fourth-order valence-electron chi connectivity index (χ4n) is 2.85. The summed E-state index contributed by atoms with van der Waals surface area (Å²) in [6.07, 6.45) is 0. The highest BCUT2D eigenvalue weighted by Crippen LogP contribution is 2.25. The van der Waals surface area contributed by atoms with Crippen LogP contribution in [0.25, 0.3) is 22.6 Å². The Hall–Kier alpha value is -2.85. The summed E-state index contributed by atoms with van der Waals surface area (Å²) in [5, 5.41) is 0.651. The minimum absolute atomic E-state index is 0.116. The van der Waals surface area contributed by atoms with Crippen molar-refractivity contribution in [2.24, 2.45) is 0 Å². The maximum absolute atomic E-state index is 12.6. The minimum atomic E-state index is -0.116. The van der Waals surface area contributed by atoms with E-state index in [1.54, 1.807) is 4.52 Å². The number of aryl methyl sites for hydroxylation is 1. The average molecular weight is 336 g/mol. The Morgan fingerprint density at radius 2 is 1.67 bits per heavy atom. The van der Waals surface area contributed by atoms with E-state index in [4.69, 9.17) is 11.6 Å². The molecule has 5 heteroatoms. The van der Waals surface area contributed by atoms with E-state index in [1.807, 2.05) is 72.3 Å². The van der Waals surface area contributed by atoms with Crippen molar-refractivity contribution in [1.82, 2.24) is 14.2 Å². The van der Waals surface area contributed by atoms with Gasteiger partial charge in [-0.3, -0.25) is 4.79 Å². The summed E-state index contributed by atoms with van der Waals surface area (Å²) in [7, 11) is 0. The Bertz CT molecular complexity index is 1080. The molecule has 0 unspecified atom stereocenters. The lowest BCUT2D eigenvalue weighted by Crippen LogP contribution is -2.20. The summed E-state index contributed by atoms with van der Waals surface area (Å²) in [6, 6.07) is 20.8. The molecule has 2 aromatic carbocycles. The topological polar surface area (TPSA) is 39.3 Å². The van der Waals surface area contributed by atoms with E-state index in [1.165, 1.54) is 6.07 Å². The largest absolute Gasteiger partial charge is 0.273 e. The molecule has 0 fully saturated rings. The standard InChI is InChI=1S/C19H14ClN3O/c1-13-11-19(24)23-18(21-13)12-17(14-5-3-2-4-6-14)22(23)16-9-7-15(20)8-10-16/h2-12H,1H3. The number of aromatic nitrogens is 3. The van der Waals surface area contributed by atoms with E-state index in [2.05, 4.69) is 4.98 Å². The number of nitrogens with zero attached hydrogens (tertiary/aromatic N) is 3.